The smallest absolute Gasteiger partial charge is 0.410 e. The van der Waals surface area contributed by atoms with Crippen LogP contribution in [0.5, 0.6) is 0 Å². The second-order valence-corrected chi connectivity index (χ2v) is 9.91. The Balaban J connectivity index is 1.08. The standard InChI is InChI=1S/C21H36N4O4/c1-21(6-7-21)28-20(26)25-9-3-14(4-10-25)18-23-19(29-24-18)15-2-8-22-17(12-15)16-5-11-27-13-16/h14-19,22-24H,2-13H2,1H3/t15?,16-,17?,18?,19?/m1/s1. The summed E-state index contributed by atoms with van der Waals surface area (Å²) in [7, 11) is 0. The van der Waals surface area contributed by atoms with E-state index < -0.39 is 0 Å². The van der Waals surface area contributed by atoms with E-state index in [0.29, 0.717) is 23.8 Å². The number of carbonyl (C=O) groups is 1. The molecular weight excluding hydrogens is 372 g/mol. The van der Waals surface area contributed by atoms with E-state index in [4.69, 9.17) is 14.3 Å². The molecule has 5 atom stereocenters. The summed E-state index contributed by atoms with van der Waals surface area (Å²) in [6, 6.07) is 0.545. The van der Waals surface area contributed by atoms with Crippen LogP contribution in [0.1, 0.15) is 51.9 Å². The molecular formula is C21H36N4O4. The van der Waals surface area contributed by atoms with Gasteiger partial charge in [0.15, 0.2) is 0 Å². The van der Waals surface area contributed by atoms with Crippen molar-refractivity contribution in [3.63, 3.8) is 0 Å². The lowest BCUT2D eigenvalue weighted by Crippen LogP contribution is -2.50. The molecule has 0 aromatic rings. The Morgan fingerprint density at radius 2 is 1.93 bits per heavy atom. The van der Waals surface area contributed by atoms with Crippen molar-refractivity contribution < 1.29 is 19.1 Å². The lowest BCUT2D eigenvalue weighted by molar-refractivity contribution is -0.0282. The number of nitrogens with one attached hydrogen (secondary N) is 3. The molecule has 5 rings (SSSR count). The van der Waals surface area contributed by atoms with Crippen molar-refractivity contribution in [3.05, 3.63) is 0 Å². The average Bonchev–Trinajstić information content (AvgIpc) is 3.18. The highest BCUT2D eigenvalue weighted by Gasteiger charge is 2.44. The molecule has 8 heteroatoms. The fourth-order valence-corrected chi connectivity index (χ4v) is 5.31. The van der Waals surface area contributed by atoms with Gasteiger partial charge in [0, 0.05) is 31.7 Å². The van der Waals surface area contributed by atoms with E-state index in [0.717, 1.165) is 71.4 Å². The highest BCUT2D eigenvalue weighted by molar-refractivity contribution is 5.68. The Bertz CT molecular complexity index is 587. The molecule has 3 N–H and O–H groups in total. The van der Waals surface area contributed by atoms with E-state index in [1.807, 2.05) is 11.8 Å². The summed E-state index contributed by atoms with van der Waals surface area (Å²) in [6.45, 7) is 6.40. The maximum Gasteiger partial charge on any atom is 0.410 e. The third-order valence-electron chi connectivity index (χ3n) is 7.66. The van der Waals surface area contributed by atoms with E-state index in [1.54, 1.807) is 0 Å². The lowest BCUT2D eigenvalue weighted by atomic mass is 9.84. The van der Waals surface area contributed by atoms with E-state index >= 15 is 0 Å². The Morgan fingerprint density at radius 3 is 2.66 bits per heavy atom. The van der Waals surface area contributed by atoms with E-state index in [-0.39, 0.29) is 24.1 Å². The van der Waals surface area contributed by atoms with Crippen molar-refractivity contribution in [2.24, 2.45) is 17.8 Å². The van der Waals surface area contributed by atoms with Crippen LogP contribution in [0.2, 0.25) is 0 Å². The number of hydrogen-bond acceptors (Lipinski definition) is 7. The van der Waals surface area contributed by atoms with E-state index in [9.17, 15) is 4.79 Å². The summed E-state index contributed by atoms with van der Waals surface area (Å²) in [5.41, 5.74) is 3.07. The van der Waals surface area contributed by atoms with Crippen molar-refractivity contribution in [2.45, 2.75) is 75.9 Å². The zero-order valence-corrected chi connectivity index (χ0v) is 17.5. The van der Waals surface area contributed by atoms with Crippen LogP contribution < -0.4 is 16.1 Å². The van der Waals surface area contributed by atoms with Gasteiger partial charge in [-0.05, 0) is 70.3 Å². The van der Waals surface area contributed by atoms with Gasteiger partial charge in [-0.2, -0.15) is 5.48 Å². The largest absolute Gasteiger partial charge is 0.443 e. The highest BCUT2D eigenvalue weighted by atomic mass is 16.7. The van der Waals surface area contributed by atoms with E-state index in [1.165, 1.54) is 6.42 Å². The third-order valence-corrected chi connectivity index (χ3v) is 7.66. The molecule has 5 aliphatic rings. The van der Waals surface area contributed by atoms with E-state index in [2.05, 4.69) is 16.1 Å². The molecule has 5 fully saturated rings. The van der Waals surface area contributed by atoms with Gasteiger partial charge in [0.05, 0.1) is 12.8 Å². The topological polar surface area (TPSA) is 84.1 Å². The summed E-state index contributed by atoms with van der Waals surface area (Å²) in [6.07, 6.45) is 7.49. The third kappa shape index (κ3) is 4.56. The molecule has 4 aliphatic heterocycles. The van der Waals surface area contributed by atoms with Crippen LogP contribution in [0.15, 0.2) is 0 Å². The van der Waals surface area contributed by atoms with Crippen LogP contribution in [0, 0.1) is 17.8 Å². The van der Waals surface area contributed by atoms with Crippen LogP contribution in [0.3, 0.4) is 0 Å². The van der Waals surface area contributed by atoms with Crippen LogP contribution >= 0.6 is 0 Å². The first-order chi connectivity index (χ1) is 14.1. The van der Waals surface area contributed by atoms with Crippen molar-refractivity contribution in [3.8, 4) is 0 Å². The van der Waals surface area contributed by atoms with Gasteiger partial charge in [-0.3, -0.25) is 10.2 Å². The average molecular weight is 409 g/mol. The van der Waals surface area contributed by atoms with Crippen LogP contribution in [-0.2, 0) is 14.3 Å². The molecule has 4 heterocycles. The SMILES string of the molecule is CC1(OC(=O)N2CCC(C3NOC(C4CCNC([C@@H]5CCOC5)C4)N3)CC2)CC1. The second kappa shape index (κ2) is 8.30. The first-order valence-corrected chi connectivity index (χ1v) is 11.6. The van der Waals surface area contributed by atoms with Crippen molar-refractivity contribution in [1.29, 1.82) is 0 Å². The Hall–Kier alpha value is -0.930. The zero-order valence-electron chi connectivity index (χ0n) is 17.5. The maximum absolute atomic E-state index is 12.3. The normalized spacial score (nSPS) is 40.2. The van der Waals surface area contributed by atoms with Crippen LogP contribution in [0.25, 0.3) is 0 Å². The molecule has 0 radical (unpaired) electrons. The van der Waals surface area contributed by atoms with Gasteiger partial charge in [-0.15, -0.1) is 0 Å². The summed E-state index contributed by atoms with van der Waals surface area (Å²) < 4.78 is 11.2. The molecule has 164 valence electrons. The van der Waals surface area contributed by atoms with Gasteiger partial charge in [0.25, 0.3) is 0 Å². The Labute approximate surface area is 173 Å². The van der Waals surface area contributed by atoms with Gasteiger partial charge in [-0.1, -0.05) is 0 Å². The molecule has 1 amide bonds. The number of carbonyl (C=O) groups excluding carboxylic acids is 1. The number of rotatable bonds is 4. The molecule has 0 aromatic heterocycles. The molecule has 29 heavy (non-hydrogen) atoms. The van der Waals surface area contributed by atoms with Gasteiger partial charge >= 0.3 is 6.09 Å². The summed E-state index contributed by atoms with van der Waals surface area (Å²) in [4.78, 5) is 20.2. The molecule has 4 saturated heterocycles. The number of piperidine rings is 2. The molecule has 1 aliphatic carbocycles. The van der Waals surface area contributed by atoms with Crippen LogP contribution in [-0.4, -0.2) is 67.9 Å². The highest BCUT2D eigenvalue weighted by Crippen LogP contribution is 2.39. The fraction of sp³-hybridized carbons (Fsp3) is 0.952. The van der Waals surface area contributed by atoms with Crippen LogP contribution in [0.4, 0.5) is 4.79 Å². The number of ether oxygens (including phenoxy) is 2. The van der Waals surface area contributed by atoms with Crippen molar-refractivity contribution in [2.75, 3.05) is 32.8 Å². The molecule has 0 spiro atoms. The quantitative estimate of drug-likeness (QED) is 0.651. The zero-order chi connectivity index (χ0) is 19.8. The molecule has 8 nitrogen and oxygen atoms in total. The number of nitrogens with zero attached hydrogens (tertiary/aromatic N) is 1. The summed E-state index contributed by atoms with van der Waals surface area (Å²) in [5, 5.41) is 7.40. The minimum atomic E-state index is -0.194. The monoisotopic (exact) mass is 408 g/mol. The Morgan fingerprint density at radius 1 is 1.10 bits per heavy atom. The molecule has 1 saturated carbocycles. The lowest BCUT2D eigenvalue weighted by Gasteiger charge is -2.36. The number of hydroxylamine groups is 1. The predicted molar refractivity (Wildman–Crippen MR) is 107 cm³/mol. The minimum Gasteiger partial charge on any atom is -0.443 e. The number of amides is 1. The van der Waals surface area contributed by atoms with Crippen molar-refractivity contribution >= 4 is 6.09 Å². The molecule has 0 bridgehead atoms. The number of hydrogen-bond donors (Lipinski definition) is 3. The maximum atomic E-state index is 12.3. The van der Waals surface area contributed by atoms with Crippen molar-refractivity contribution in [1.82, 2.24) is 21.0 Å². The summed E-state index contributed by atoms with van der Waals surface area (Å²) in [5.74, 6) is 1.64. The first kappa shape index (κ1) is 20.0. The molecule has 0 aromatic carbocycles. The minimum absolute atomic E-state index is 0.0738. The fourth-order valence-electron chi connectivity index (χ4n) is 5.31. The molecule has 4 unspecified atom stereocenters. The van der Waals surface area contributed by atoms with Gasteiger partial charge in [0.1, 0.15) is 11.8 Å². The number of likely N-dealkylation sites (tertiary alicyclic amines) is 1. The predicted octanol–water partition coefficient (Wildman–Crippen LogP) is 1.57. The van der Waals surface area contributed by atoms with Gasteiger partial charge < -0.3 is 19.7 Å². The summed E-state index contributed by atoms with van der Waals surface area (Å²) >= 11 is 0. The second-order valence-electron chi connectivity index (χ2n) is 9.91. The first-order valence-electron chi connectivity index (χ1n) is 11.6. The van der Waals surface area contributed by atoms with Gasteiger partial charge in [0.2, 0.25) is 0 Å². The Kier molecular flexibility index (Phi) is 5.73. The van der Waals surface area contributed by atoms with Gasteiger partial charge in [-0.25, -0.2) is 4.79 Å².